The summed E-state index contributed by atoms with van der Waals surface area (Å²) in [4.78, 5) is 10.7. The maximum atomic E-state index is 10.7. The van der Waals surface area contributed by atoms with Gasteiger partial charge < -0.3 is 14.9 Å². The van der Waals surface area contributed by atoms with Crippen LogP contribution in [0.5, 0.6) is 0 Å². The zero-order valence-corrected chi connectivity index (χ0v) is 6.78. The van der Waals surface area contributed by atoms with E-state index < -0.39 is 6.10 Å². The third-order valence-corrected chi connectivity index (χ3v) is 1.10. The Morgan fingerprint density at radius 3 is 2.45 bits per heavy atom. The lowest BCUT2D eigenvalue weighted by atomic mass is 10.2. The van der Waals surface area contributed by atoms with Crippen LogP contribution in [0.25, 0.3) is 0 Å². The van der Waals surface area contributed by atoms with E-state index in [1.807, 2.05) is 0 Å². The third-order valence-electron chi connectivity index (χ3n) is 1.10. The number of rotatable bonds is 4. The summed E-state index contributed by atoms with van der Waals surface area (Å²) in [5, 5.41) is 17.1. The van der Waals surface area contributed by atoms with Crippen molar-refractivity contribution in [2.75, 3.05) is 13.2 Å². The van der Waals surface area contributed by atoms with Gasteiger partial charge in [-0.1, -0.05) is 13.8 Å². The number of hydrogen-bond donors (Lipinski definition) is 2. The summed E-state index contributed by atoms with van der Waals surface area (Å²) in [5.41, 5.74) is 0. The molecule has 0 aromatic rings. The van der Waals surface area contributed by atoms with Gasteiger partial charge in [0.2, 0.25) is 0 Å². The van der Waals surface area contributed by atoms with Gasteiger partial charge >= 0.3 is 5.97 Å². The van der Waals surface area contributed by atoms with Crippen LogP contribution >= 0.6 is 0 Å². The van der Waals surface area contributed by atoms with E-state index >= 15 is 0 Å². The van der Waals surface area contributed by atoms with Crippen LogP contribution in [0.1, 0.15) is 13.8 Å². The van der Waals surface area contributed by atoms with Gasteiger partial charge in [0, 0.05) is 0 Å². The van der Waals surface area contributed by atoms with E-state index in [0.29, 0.717) is 0 Å². The van der Waals surface area contributed by atoms with Gasteiger partial charge in [-0.3, -0.25) is 4.79 Å². The molecule has 0 aliphatic carbocycles. The first-order valence-corrected chi connectivity index (χ1v) is 3.53. The largest absolute Gasteiger partial charge is 0.463 e. The van der Waals surface area contributed by atoms with Crippen molar-refractivity contribution in [3.8, 4) is 0 Å². The first-order chi connectivity index (χ1) is 5.07. The second-order valence-corrected chi connectivity index (χ2v) is 2.62. The molecule has 0 saturated carbocycles. The van der Waals surface area contributed by atoms with Crippen LogP contribution in [-0.2, 0) is 9.53 Å². The van der Waals surface area contributed by atoms with Crippen molar-refractivity contribution < 1.29 is 19.7 Å². The molecule has 0 spiro atoms. The highest BCUT2D eigenvalue weighted by Gasteiger charge is 2.10. The molecule has 11 heavy (non-hydrogen) atoms. The Kier molecular flexibility index (Phi) is 4.81. The minimum atomic E-state index is -0.960. The minimum absolute atomic E-state index is 0.131. The van der Waals surface area contributed by atoms with Crippen molar-refractivity contribution in [2.45, 2.75) is 20.0 Å². The van der Waals surface area contributed by atoms with Crippen molar-refractivity contribution in [3.05, 3.63) is 0 Å². The van der Waals surface area contributed by atoms with Crippen LogP contribution in [0.2, 0.25) is 0 Å². The molecular formula is C7H14O4. The molecule has 0 heterocycles. The third kappa shape index (κ3) is 4.75. The van der Waals surface area contributed by atoms with Gasteiger partial charge in [-0.25, -0.2) is 0 Å². The van der Waals surface area contributed by atoms with E-state index in [2.05, 4.69) is 4.74 Å². The van der Waals surface area contributed by atoms with Gasteiger partial charge in [0.25, 0.3) is 0 Å². The van der Waals surface area contributed by atoms with Gasteiger partial charge in [-0.2, -0.15) is 0 Å². The number of carbonyl (C=O) groups is 1. The molecule has 0 rings (SSSR count). The summed E-state index contributed by atoms with van der Waals surface area (Å²) in [5.74, 6) is -0.557. The second kappa shape index (κ2) is 5.09. The summed E-state index contributed by atoms with van der Waals surface area (Å²) >= 11 is 0. The zero-order chi connectivity index (χ0) is 8.85. The van der Waals surface area contributed by atoms with E-state index in [-0.39, 0.29) is 25.1 Å². The van der Waals surface area contributed by atoms with Crippen LogP contribution in [-0.4, -0.2) is 35.5 Å². The topological polar surface area (TPSA) is 66.8 Å². The molecular weight excluding hydrogens is 148 g/mol. The predicted molar refractivity (Wildman–Crippen MR) is 38.9 cm³/mol. The van der Waals surface area contributed by atoms with Crippen LogP contribution in [0.3, 0.4) is 0 Å². The Balaban J connectivity index is 3.46. The lowest BCUT2D eigenvalue weighted by Crippen LogP contribution is -2.23. The highest BCUT2D eigenvalue weighted by atomic mass is 16.5. The summed E-state index contributed by atoms with van der Waals surface area (Å²) in [6, 6.07) is 0. The molecule has 0 saturated heterocycles. The van der Waals surface area contributed by atoms with E-state index in [4.69, 9.17) is 10.2 Å². The van der Waals surface area contributed by atoms with Crippen LogP contribution in [0.15, 0.2) is 0 Å². The molecule has 0 bridgehead atoms. The van der Waals surface area contributed by atoms with Gasteiger partial charge in [0.15, 0.2) is 0 Å². The first-order valence-electron chi connectivity index (χ1n) is 3.53. The lowest BCUT2D eigenvalue weighted by molar-refractivity contribution is -0.150. The standard InChI is InChI=1S/C7H14O4/c1-5(2)7(10)11-4-6(9)3-8/h5-6,8-9H,3-4H2,1-2H3/t6-/m0/s1. The predicted octanol–water partition coefficient (Wildman–Crippen LogP) is -0.461. The average molecular weight is 162 g/mol. The van der Waals surface area contributed by atoms with Crippen molar-refractivity contribution >= 4 is 5.97 Å². The van der Waals surface area contributed by atoms with Gasteiger partial charge in [0.05, 0.1) is 12.5 Å². The summed E-state index contributed by atoms with van der Waals surface area (Å²) in [6.45, 7) is 2.89. The van der Waals surface area contributed by atoms with Crippen LogP contribution in [0.4, 0.5) is 0 Å². The van der Waals surface area contributed by atoms with Gasteiger partial charge in [-0.15, -0.1) is 0 Å². The number of aliphatic hydroxyl groups is 2. The van der Waals surface area contributed by atoms with Crippen LogP contribution in [0, 0.1) is 5.92 Å². The fourth-order valence-electron chi connectivity index (χ4n) is 0.398. The number of hydrogen-bond acceptors (Lipinski definition) is 4. The SMILES string of the molecule is CC(C)C(=O)OC[C@@H](O)CO. The van der Waals surface area contributed by atoms with E-state index in [1.54, 1.807) is 13.8 Å². The molecule has 66 valence electrons. The molecule has 0 radical (unpaired) electrons. The summed E-state index contributed by atoms with van der Waals surface area (Å²) in [6.07, 6.45) is -0.960. The fraction of sp³-hybridized carbons (Fsp3) is 0.857. The smallest absolute Gasteiger partial charge is 0.308 e. The minimum Gasteiger partial charge on any atom is -0.463 e. The Bertz CT molecular complexity index is 122. The Hall–Kier alpha value is -0.610. The van der Waals surface area contributed by atoms with Crippen molar-refractivity contribution in [2.24, 2.45) is 5.92 Å². The lowest BCUT2D eigenvalue weighted by Gasteiger charge is -2.09. The fourth-order valence-corrected chi connectivity index (χ4v) is 0.398. The monoisotopic (exact) mass is 162 g/mol. The van der Waals surface area contributed by atoms with E-state index in [9.17, 15) is 4.79 Å². The molecule has 2 N–H and O–H groups in total. The summed E-state index contributed by atoms with van der Waals surface area (Å²) in [7, 11) is 0. The molecule has 4 heteroatoms. The first kappa shape index (κ1) is 10.4. The molecule has 0 fully saturated rings. The van der Waals surface area contributed by atoms with Crippen molar-refractivity contribution in [1.29, 1.82) is 0 Å². The molecule has 0 aromatic heterocycles. The Labute approximate surface area is 65.8 Å². The average Bonchev–Trinajstić information content (AvgIpc) is 1.99. The molecule has 4 nitrogen and oxygen atoms in total. The second-order valence-electron chi connectivity index (χ2n) is 2.62. The van der Waals surface area contributed by atoms with Crippen molar-refractivity contribution in [1.82, 2.24) is 0 Å². The maximum Gasteiger partial charge on any atom is 0.308 e. The number of ether oxygens (including phenoxy) is 1. The van der Waals surface area contributed by atoms with Crippen molar-refractivity contribution in [3.63, 3.8) is 0 Å². The number of carbonyl (C=O) groups excluding carboxylic acids is 1. The zero-order valence-electron chi connectivity index (χ0n) is 6.78. The Morgan fingerprint density at radius 2 is 2.09 bits per heavy atom. The van der Waals surface area contributed by atoms with Crippen LogP contribution < -0.4 is 0 Å². The Morgan fingerprint density at radius 1 is 1.55 bits per heavy atom. The van der Waals surface area contributed by atoms with E-state index in [0.717, 1.165) is 0 Å². The normalized spacial score (nSPS) is 13.2. The molecule has 0 aliphatic heterocycles. The highest BCUT2D eigenvalue weighted by Crippen LogP contribution is 1.96. The molecule has 0 aliphatic rings. The quantitative estimate of drug-likeness (QED) is 0.549. The maximum absolute atomic E-state index is 10.7. The van der Waals surface area contributed by atoms with Gasteiger partial charge in [0.1, 0.15) is 12.7 Å². The summed E-state index contributed by atoms with van der Waals surface area (Å²) < 4.78 is 4.61. The molecule has 1 atom stereocenters. The molecule has 0 aromatic carbocycles. The number of esters is 1. The molecule has 0 unspecified atom stereocenters. The highest BCUT2D eigenvalue weighted by molar-refractivity contribution is 5.71. The molecule has 0 amide bonds. The number of aliphatic hydroxyl groups excluding tert-OH is 2. The van der Waals surface area contributed by atoms with E-state index in [1.165, 1.54) is 0 Å². The van der Waals surface area contributed by atoms with Gasteiger partial charge in [-0.05, 0) is 0 Å².